The van der Waals surface area contributed by atoms with Crippen molar-refractivity contribution in [2.45, 2.75) is 31.3 Å². The molecule has 4 aromatic rings. The van der Waals surface area contributed by atoms with Crippen molar-refractivity contribution in [3.8, 4) is 33.8 Å². The van der Waals surface area contributed by atoms with Gasteiger partial charge in [0.1, 0.15) is 11.5 Å². The molecule has 0 aliphatic heterocycles. The van der Waals surface area contributed by atoms with E-state index in [0.717, 1.165) is 52.6 Å². The zero-order chi connectivity index (χ0) is 24.0. The van der Waals surface area contributed by atoms with E-state index < -0.39 is 0 Å². The Morgan fingerprint density at radius 2 is 0.971 bits per heavy atom. The second-order valence-corrected chi connectivity index (χ2v) is 8.96. The number of nitrogens with zero attached hydrogens (tertiary/aromatic N) is 2. The van der Waals surface area contributed by atoms with Crippen LogP contribution >= 0.6 is 0 Å². The highest BCUT2D eigenvalue weighted by molar-refractivity contribution is 5.87. The molecule has 1 fully saturated rings. The van der Waals surface area contributed by atoms with Gasteiger partial charge < -0.3 is 10.2 Å². The fraction of sp³-hybridized carbons (Fsp3) is 0.161. The van der Waals surface area contributed by atoms with Crippen molar-refractivity contribution in [2.75, 3.05) is 0 Å². The summed E-state index contributed by atoms with van der Waals surface area (Å²) in [5.41, 5.74) is 5.77. The predicted molar refractivity (Wildman–Crippen MR) is 144 cm³/mol. The summed E-state index contributed by atoms with van der Waals surface area (Å²) < 4.78 is 0. The van der Waals surface area contributed by atoms with E-state index in [4.69, 9.17) is 9.98 Å². The molecule has 1 aliphatic carbocycles. The van der Waals surface area contributed by atoms with Gasteiger partial charge in [0.2, 0.25) is 0 Å². The molecule has 0 radical (unpaired) electrons. The second-order valence-electron chi connectivity index (χ2n) is 8.96. The lowest BCUT2D eigenvalue weighted by Gasteiger charge is -2.07. The van der Waals surface area contributed by atoms with E-state index in [9.17, 15) is 10.2 Å². The van der Waals surface area contributed by atoms with Crippen molar-refractivity contribution in [3.05, 3.63) is 108 Å². The Morgan fingerprint density at radius 3 is 1.40 bits per heavy atom. The van der Waals surface area contributed by atoms with Crippen LogP contribution in [0.2, 0.25) is 0 Å². The van der Waals surface area contributed by atoms with Crippen LogP contribution in [0.25, 0.3) is 22.3 Å². The first-order chi connectivity index (χ1) is 17.2. The lowest BCUT2D eigenvalue weighted by molar-refractivity contribution is 0.474. The number of aromatic hydroxyl groups is 2. The van der Waals surface area contributed by atoms with E-state index in [-0.39, 0.29) is 23.6 Å². The molecule has 5 rings (SSSR count). The minimum atomic E-state index is 0.168. The van der Waals surface area contributed by atoms with Gasteiger partial charge in [-0.15, -0.1) is 0 Å². The number of benzene rings is 4. The molecule has 1 aliphatic rings. The van der Waals surface area contributed by atoms with Crippen LogP contribution in [-0.4, -0.2) is 34.7 Å². The fourth-order valence-electron chi connectivity index (χ4n) is 4.51. The Kier molecular flexibility index (Phi) is 6.71. The molecule has 4 heteroatoms. The van der Waals surface area contributed by atoms with Crippen molar-refractivity contribution >= 4 is 12.4 Å². The lowest BCUT2D eigenvalue weighted by Crippen LogP contribution is -2.03. The van der Waals surface area contributed by atoms with E-state index in [1.54, 1.807) is 24.6 Å². The SMILES string of the molecule is Oc1ccc(-c2ccccc2)cc1C=NC1CCC(N=Cc2cc(-c3ccccc3)ccc2O)C1. The van der Waals surface area contributed by atoms with Gasteiger partial charge in [-0.2, -0.15) is 0 Å². The van der Waals surface area contributed by atoms with Crippen LogP contribution in [-0.2, 0) is 0 Å². The molecule has 2 unspecified atom stereocenters. The minimum Gasteiger partial charge on any atom is -0.507 e. The topological polar surface area (TPSA) is 65.2 Å². The summed E-state index contributed by atoms with van der Waals surface area (Å²) in [6.07, 6.45) is 6.33. The molecule has 2 N–H and O–H groups in total. The third kappa shape index (κ3) is 5.49. The molecule has 0 saturated heterocycles. The standard InChI is InChI=1S/C31H28N2O2/c34-30-15-11-24(22-7-3-1-4-8-22)17-26(30)20-32-28-13-14-29(19-28)33-21-27-18-25(12-16-31(27)35)23-9-5-2-6-10-23/h1-12,15-18,20-21,28-29,34-35H,13-14,19H2. The van der Waals surface area contributed by atoms with Gasteiger partial charge in [0.15, 0.2) is 0 Å². The van der Waals surface area contributed by atoms with Crippen LogP contribution in [0.15, 0.2) is 107 Å². The zero-order valence-corrected chi connectivity index (χ0v) is 19.5. The molecule has 1 saturated carbocycles. The first-order valence-electron chi connectivity index (χ1n) is 12.0. The van der Waals surface area contributed by atoms with Crippen LogP contribution in [0.5, 0.6) is 11.5 Å². The zero-order valence-electron chi connectivity index (χ0n) is 19.5. The van der Waals surface area contributed by atoms with Crippen LogP contribution < -0.4 is 0 Å². The Balaban J connectivity index is 1.25. The largest absolute Gasteiger partial charge is 0.507 e. The first-order valence-corrected chi connectivity index (χ1v) is 12.0. The van der Waals surface area contributed by atoms with E-state index in [1.807, 2.05) is 60.7 Å². The molecule has 0 amide bonds. The molecular weight excluding hydrogens is 432 g/mol. The van der Waals surface area contributed by atoms with Crippen molar-refractivity contribution in [1.82, 2.24) is 0 Å². The maximum atomic E-state index is 10.3. The number of hydrogen-bond acceptors (Lipinski definition) is 4. The smallest absolute Gasteiger partial charge is 0.124 e. The molecule has 0 bridgehead atoms. The summed E-state index contributed by atoms with van der Waals surface area (Å²) in [4.78, 5) is 9.51. The molecule has 0 spiro atoms. The van der Waals surface area contributed by atoms with Crippen LogP contribution in [0.1, 0.15) is 30.4 Å². The minimum absolute atomic E-state index is 0.168. The predicted octanol–water partition coefficient (Wildman–Crippen LogP) is 6.89. The van der Waals surface area contributed by atoms with Crippen LogP contribution in [0, 0.1) is 0 Å². The van der Waals surface area contributed by atoms with Gasteiger partial charge in [0, 0.05) is 23.6 Å². The second kappa shape index (κ2) is 10.4. The van der Waals surface area contributed by atoms with Crippen molar-refractivity contribution in [3.63, 3.8) is 0 Å². The molecule has 174 valence electrons. The fourth-order valence-corrected chi connectivity index (χ4v) is 4.51. The molecule has 2 atom stereocenters. The molecule has 35 heavy (non-hydrogen) atoms. The summed E-state index contributed by atoms with van der Waals surface area (Å²) in [6.45, 7) is 0. The summed E-state index contributed by atoms with van der Waals surface area (Å²) >= 11 is 0. The number of hydrogen-bond donors (Lipinski definition) is 2. The summed E-state index contributed by atoms with van der Waals surface area (Å²) in [5, 5.41) is 20.6. The van der Waals surface area contributed by atoms with E-state index in [0.29, 0.717) is 0 Å². The molecule has 0 aromatic heterocycles. The lowest BCUT2D eigenvalue weighted by atomic mass is 10.0. The summed E-state index contributed by atoms with van der Waals surface area (Å²) in [7, 11) is 0. The Hall–Kier alpha value is -4.18. The number of aliphatic imine (C=N–C) groups is 2. The maximum Gasteiger partial charge on any atom is 0.124 e. The van der Waals surface area contributed by atoms with Gasteiger partial charge in [0.25, 0.3) is 0 Å². The van der Waals surface area contributed by atoms with Gasteiger partial charge in [-0.05, 0) is 65.8 Å². The Bertz CT molecular complexity index is 1240. The average molecular weight is 461 g/mol. The van der Waals surface area contributed by atoms with Crippen molar-refractivity contribution in [1.29, 1.82) is 0 Å². The van der Waals surface area contributed by atoms with Crippen LogP contribution in [0.3, 0.4) is 0 Å². The molecular formula is C31H28N2O2. The van der Waals surface area contributed by atoms with Crippen molar-refractivity contribution < 1.29 is 10.2 Å². The number of rotatable bonds is 6. The normalized spacial score (nSPS) is 17.9. The molecule has 4 aromatic carbocycles. The highest BCUT2D eigenvalue weighted by Gasteiger charge is 2.23. The monoisotopic (exact) mass is 460 g/mol. The van der Waals surface area contributed by atoms with Crippen molar-refractivity contribution in [2.24, 2.45) is 9.98 Å². The van der Waals surface area contributed by atoms with Gasteiger partial charge in [-0.25, -0.2) is 0 Å². The Morgan fingerprint density at radius 1 is 0.543 bits per heavy atom. The quantitative estimate of drug-likeness (QED) is 0.308. The molecule has 4 nitrogen and oxygen atoms in total. The van der Waals surface area contributed by atoms with Crippen LogP contribution in [0.4, 0.5) is 0 Å². The highest BCUT2D eigenvalue weighted by Crippen LogP contribution is 2.29. The summed E-state index contributed by atoms with van der Waals surface area (Å²) in [5.74, 6) is 0.463. The highest BCUT2D eigenvalue weighted by atomic mass is 16.3. The number of phenolic OH excluding ortho intramolecular Hbond substituents is 2. The third-order valence-electron chi connectivity index (χ3n) is 6.50. The van der Waals surface area contributed by atoms with Gasteiger partial charge >= 0.3 is 0 Å². The van der Waals surface area contributed by atoms with E-state index in [2.05, 4.69) is 24.3 Å². The van der Waals surface area contributed by atoms with E-state index >= 15 is 0 Å². The van der Waals surface area contributed by atoms with Gasteiger partial charge in [-0.3, -0.25) is 9.98 Å². The third-order valence-corrected chi connectivity index (χ3v) is 6.50. The summed E-state index contributed by atoms with van der Waals surface area (Å²) in [6, 6.07) is 31.8. The maximum absolute atomic E-state index is 10.3. The number of phenols is 2. The Labute approximate surface area is 206 Å². The van der Waals surface area contributed by atoms with E-state index in [1.165, 1.54) is 0 Å². The first kappa shape index (κ1) is 22.6. The van der Waals surface area contributed by atoms with Gasteiger partial charge in [0.05, 0.1) is 12.1 Å². The average Bonchev–Trinajstić information content (AvgIpc) is 3.36. The molecule has 0 heterocycles. The van der Waals surface area contributed by atoms with Gasteiger partial charge in [-0.1, -0.05) is 72.8 Å².